The first-order valence-electron chi connectivity index (χ1n) is 9.57. The summed E-state index contributed by atoms with van der Waals surface area (Å²) in [6.07, 6.45) is 0.0923. The Labute approximate surface area is 183 Å². The molecule has 29 heavy (non-hydrogen) atoms. The molecular weight excluding hydrogens is 407 g/mol. The van der Waals surface area contributed by atoms with Crippen molar-refractivity contribution in [2.45, 2.75) is 59.2 Å². The van der Waals surface area contributed by atoms with Crippen LogP contribution in [0.1, 0.15) is 44.4 Å². The third kappa shape index (κ3) is 7.06. The molecule has 0 bridgehead atoms. The van der Waals surface area contributed by atoms with E-state index in [4.69, 9.17) is 23.2 Å². The molecule has 2 amide bonds. The quantitative estimate of drug-likeness (QED) is 0.680. The maximum Gasteiger partial charge on any atom is 0.242 e. The van der Waals surface area contributed by atoms with Crippen molar-refractivity contribution in [2.75, 3.05) is 0 Å². The molecule has 0 aliphatic heterocycles. The van der Waals surface area contributed by atoms with Crippen LogP contribution in [0.3, 0.4) is 0 Å². The van der Waals surface area contributed by atoms with E-state index in [1.807, 2.05) is 52.0 Å². The summed E-state index contributed by atoms with van der Waals surface area (Å²) in [6.45, 7) is 9.83. The van der Waals surface area contributed by atoms with Gasteiger partial charge in [-0.3, -0.25) is 9.59 Å². The molecule has 0 fully saturated rings. The van der Waals surface area contributed by atoms with Crippen LogP contribution in [0.4, 0.5) is 0 Å². The molecule has 6 heteroatoms. The minimum absolute atomic E-state index is 0.0923. The van der Waals surface area contributed by atoms with Crippen molar-refractivity contribution in [2.24, 2.45) is 0 Å². The second-order valence-electron chi connectivity index (χ2n) is 8.33. The van der Waals surface area contributed by atoms with Crippen molar-refractivity contribution in [1.82, 2.24) is 10.2 Å². The van der Waals surface area contributed by atoms with Crippen LogP contribution in [-0.4, -0.2) is 28.3 Å². The third-order valence-corrected chi connectivity index (χ3v) is 5.08. The maximum absolute atomic E-state index is 13.2. The average Bonchev–Trinajstić information content (AvgIpc) is 2.61. The number of rotatable bonds is 6. The van der Waals surface area contributed by atoms with Gasteiger partial charge in [0.05, 0.1) is 6.42 Å². The van der Waals surface area contributed by atoms with Gasteiger partial charge in [0.15, 0.2) is 0 Å². The Morgan fingerprint density at radius 3 is 2.24 bits per heavy atom. The first kappa shape index (κ1) is 23.2. The van der Waals surface area contributed by atoms with Crippen LogP contribution in [0.15, 0.2) is 42.5 Å². The Morgan fingerprint density at radius 1 is 1.07 bits per heavy atom. The molecule has 0 unspecified atom stereocenters. The van der Waals surface area contributed by atoms with Crippen LogP contribution in [0.25, 0.3) is 0 Å². The zero-order valence-electron chi connectivity index (χ0n) is 17.6. The molecule has 0 spiro atoms. The lowest BCUT2D eigenvalue weighted by molar-refractivity contribution is -0.140. The summed E-state index contributed by atoms with van der Waals surface area (Å²) >= 11 is 12.2. The lowest BCUT2D eigenvalue weighted by Gasteiger charge is -2.31. The number of hydrogen-bond acceptors (Lipinski definition) is 2. The van der Waals surface area contributed by atoms with Gasteiger partial charge in [0.25, 0.3) is 0 Å². The van der Waals surface area contributed by atoms with Gasteiger partial charge in [-0.1, -0.05) is 59.1 Å². The van der Waals surface area contributed by atoms with Gasteiger partial charge < -0.3 is 10.2 Å². The minimum Gasteiger partial charge on any atom is -0.350 e. The Hall–Kier alpha value is -2.04. The lowest BCUT2D eigenvalue weighted by Crippen LogP contribution is -2.52. The molecular formula is C23H28Cl2N2O2. The molecule has 0 aliphatic carbocycles. The van der Waals surface area contributed by atoms with E-state index in [1.54, 1.807) is 30.0 Å². The zero-order valence-corrected chi connectivity index (χ0v) is 19.1. The molecule has 156 valence electrons. The molecule has 4 nitrogen and oxygen atoms in total. The summed E-state index contributed by atoms with van der Waals surface area (Å²) in [4.78, 5) is 27.5. The first-order chi connectivity index (χ1) is 13.5. The average molecular weight is 435 g/mol. The smallest absolute Gasteiger partial charge is 0.242 e. The van der Waals surface area contributed by atoms with E-state index in [1.165, 1.54) is 0 Å². The number of carbonyl (C=O) groups excluding carboxylic acids is 2. The normalized spacial score (nSPS) is 12.4. The molecule has 0 aliphatic rings. The molecule has 0 heterocycles. The van der Waals surface area contributed by atoms with Crippen LogP contribution in [0.5, 0.6) is 0 Å². The van der Waals surface area contributed by atoms with Crippen molar-refractivity contribution in [3.63, 3.8) is 0 Å². The molecule has 1 N–H and O–H groups in total. The highest BCUT2D eigenvalue weighted by molar-refractivity contribution is 6.35. The van der Waals surface area contributed by atoms with E-state index in [-0.39, 0.29) is 23.8 Å². The molecule has 2 aromatic rings. The summed E-state index contributed by atoms with van der Waals surface area (Å²) in [5.74, 6) is -0.369. The summed E-state index contributed by atoms with van der Waals surface area (Å²) < 4.78 is 0. The van der Waals surface area contributed by atoms with Crippen molar-refractivity contribution in [1.29, 1.82) is 0 Å². The number of nitrogens with zero attached hydrogens (tertiary/aromatic N) is 1. The van der Waals surface area contributed by atoms with Crippen LogP contribution in [0, 0.1) is 6.92 Å². The number of benzene rings is 2. The first-order valence-corrected chi connectivity index (χ1v) is 10.3. The van der Waals surface area contributed by atoms with E-state index in [0.29, 0.717) is 22.2 Å². The van der Waals surface area contributed by atoms with Crippen LogP contribution < -0.4 is 5.32 Å². The van der Waals surface area contributed by atoms with E-state index in [2.05, 4.69) is 5.32 Å². The van der Waals surface area contributed by atoms with E-state index in [9.17, 15) is 9.59 Å². The largest absolute Gasteiger partial charge is 0.350 e. The van der Waals surface area contributed by atoms with Gasteiger partial charge in [-0.15, -0.1) is 0 Å². The van der Waals surface area contributed by atoms with Crippen molar-refractivity contribution in [3.05, 3.63) is 69.2 Å². The SMILES string of the molecule is Cc1ccc(CN(C(=O)Cc2ccc(Cl)cc2Cl)[C@@H](C)C(=O)NC(C)(C)C)cc1. The standard InChI is InChI=1S/C23H28Cl2N2O2/c1-15-6-8-17(9-7-15)14-27(16(2)22(29)26-23(3,4)5)21(28)12-18-10-11-19(24)13-20(18)25/h6-11,13,16H,12,14H2,1-5H3,(H,26,29)/t16-/m0/s1. The van der Waals surface area contributed by atoms with E-state index >= 15 is 0 Å². The second-order valence-corrected chi connectivity index (χ2v) is 9.18. The Bertz CT molecular complexity index is 873. The third-order valence-electron chi connectivity index (χ3n) is 4.50. The fourth-order valence-corrected chi connectivity index (χ4v) is 3.35. The number of hydrogen-bond donors (Lipinski definition) is 1. The number of aryl methyl sites for hydroxylation is 1. The van der Waals surface area contributed by atoms with Gasteiger partial charge >= 0.3 is 0 Å². The predicted octanol–water partition coefficient (Wildman–Crippen LogP) is 5.18. The summed E-state index contributed by atoms with van der Waals surface area (Å²) in [6, 6.07) is 12.4. The highest BCUT2D eigenvalue weighted by atomic mass is 35.5. The van der Waals surface area contributed by atoms with Gasteiger partial charge in [0, 0.05) is 22.1 Å². The second kappa shape index (κ2) is 9.64. The molecule has 1 atom stereocenters. The summed E-state index contributed by atoms with van der Waals surface area (Å²) in [7, 11) is 0. The molecule has 0 aromatic heterocycles. The highest BCUT2D eigenvalue weighted by Crippen LogP contribution is 2.23. The zero-order chi connectivity index (χ0) is 21.8. The summed E-state index contributed by atoms with van der Waals surface area (Å²) in [5, 5.41) is 3.91. The van der Waals surface area contributed by atoms with Crippen molar-refractivity contribution < 1.29 is 9.59 Å². The molecule has 0 saturated heterocycles. The fourth-order valence-electron chi connectivity index (χ4n) is 2.88. The predicted molar refractivity (Wildman–Crippen MR) is 119 cm³/mol. The molecule has 0 radical (unpaired) electrons. The van der Waals surface area contributed by atoms with Crippen LogP contribution in [0.2, 0.25) is 10.0 Å². The monoisotopic (exact) mass is 434 g/mol. The number of carbonyl (C=O) groups is 2. The Kier molecular flexibility index (Phi) is 7.73. The van der Waals surface area contributed by atoms with Crippen LogP contribution >= 0.6 is 23.2 Å². The molecule has 2 aromatic carbocycles. The fraction of sp³-hybridized carbons (Fsp3) is 0.391. The van der Waals surface area contributed by atoms with E-state index in [0.717, 1.165) is 11.1 Å². The van der Waals surface area contributed by atoms with Gasteiger partial charge in [-0.2, -0.15) is 0 Å². The minimum atomic E-state index is -0.630. The Balaban J connectivity index is 2.27. The summed E-state index contributed by atoms with van der Waals surface area (Å²) in [5.41, 5.74) is 2.39. The van der Waals surface area contributed by atoms with Gasteiger partial charge in [-0.05, 0) is 57.9 Å². The molecule has 0 saturated carbocycles. The van der Waals surface area contributed by atoms with Gasteiger partial charge in [0.2, 0.25) is 11.8 Å². The highest BCUT2D eigenvalue weighted by Gasteiger charge is 2.28. The van der Waals surface area contributed by atoms with Crippen LogP contribution in [-0.2, 0) is 22.6 Å². The molecule has 2 rings (SSSR count). The van der Waals surface area contributed by atoms with Crippen molar-refractivity contribution >= 4 is 35.0 Å². The van der Waals surface area contributed by atoms with Gasteiger partial charge in [0.1, 0.15) is 6.04 Å². The topological polar surface area (TPSA) is 49.4 Å². The number of halogens is 2. The number of amides is 2. The Morgan fingerprint density at radius 2 is 1.69 bits per heavy atom. The van der Waals surface area contributed by atoms with Gasteiger partial charge in [-0.25, -0.2) is 0 Å². The maximum atomic E-state index is 13.2. The number of nitrogens with one attached hydrogen (secondary N) is 1. The van der Waals surface area contributed by atoms with E-state index < -0.39 is 6.04 Å². The van der Waals surface area contributed by atoms with Crippen molar-refractivity contribution in [3.8, 4) is 0 Å². The lowest BCUT2D eigenvalue weighted by atomic mass is 10.1.